The minimum absolute atomic E-state index is 0.430. The standard InChI is InChI=1S/C11H19N3O3/c1-2-3-6-12-11(15)17-14-7-4-5-10(9-14)8-13-16/h5,8,16H,2-4,6-7,9H2,1H3,(H,12,15). The number of hydroxylamine groups is 2. The van der Waals surface area contributed by atoms with E-state index in [-0.39, 0.29) is 0 Å². The number of amides is 1. The molecule has 1 aliphatic rings. The first-order valence-corrected chi connectivity index (χ1v) is 5.83. The van der Waals surface area contributed by atoms with Crippen molar-refractivity contribution in [1.82, 2.24) is 10.4 Å². The van der Waals surface area contributed by atoms with Gasteiger partial charge >= 0.3 is 6.09 Å². The molecule has 0 aromatic carbocycles. The summed E-state index contributed by atoms with van der Waals surface area (Å²) in [5.74, 6) is 0. The van der Waals surface area contributed by atoms with Crippen LogP contribution in [-0.2, 0) is 4.84 Å². The maximum atomic E-state index is 11.4. The number of hydrogen-bond acceptors (Lipinski definition) is 5. The molecular formula is C11H19N3O3. The second-order valence-electron chi connectivity index (χ2n) is 3.83. The van der Waals surface area contributed by atoms with E-state index in [2.05, 4.69) is 17.4 Å². The first-order chi connectivity index (χ1) is 8.26. The van der Waals surface area contributed by atoms with Crippen molar-refractivity contribution in [3.05, 3.63) is 11.6 Å². The minimum Gasteiger partial charge on any atom is -0.411 e. The minimum atomic E-state index is -0.430. The second kappa shape index (κ2) is 7.67. The number of rotatable bonds is 5. The van der Waals surface area contributed by atoms with E-state index in [1.807, 2.05) is 6.08 Å². The fraction of sp³-hybridized carbons (Fsp3) is 0.636. The lowest BCUT2D eigenvalue weighted by Gasteiger charge is -2.24. The van der Waals surface area contributed by atoms with Gasteiger partial charge in [0.2, 0.25) is 0 Å². The Labute approximate surface area is 101 Å². The zero-order valence-corrected chi connectivity index (χ0v) is 10.1. The van der Waals surface area contributed by atoms with Crippen molar-refractivity contribution < 1.29 is 14.8 Å². The molecule has 17 heavy (non-hydrogen) atoms. The summed E-state index contributed by atoms with van der Waals surface area (Å²) in [6, 6.07) is 0. The molecule has 96 valence electrons. The fourth-order valence-electron chi connectivity index (χ4n) is 1.50. The maximum absolute atomic E-state index is 11.4. The largest absolute Gasteiger partial charge is 0.426 e. The van der Waals surface area contributed by atoms with Crippen LogP contribution in [-0.4, -0.2) is 42.2 Å². The Morgan fingerprint density at radius 1 is 1.76 bits per heavy atom. The molecule has 1 rings (SSSR count). The lowest BCUT2D eigenvalue weighted by molar-refractivity contribution is -0.0932. The van der Waals surface area contributed by atoms with E-state index >= 15 is 0 Å². The highest BCUT2D eigenvalue weighted by Gasteiger charge is 2.15. The van der Waals surface area contributed by atoms with Crippen molar-refractivity contribution in [2.24, 2.45) is 5.16 Å². The number of hydrogen-bond donors (Lipinski definition) is 2. The van der Waals surface area contributed by atoms with Crippen molar-refractivity contribution >= 4 is 12.3 Å². The summed E-state index contributed by atoms with van der Waals surface area (Å²) < 4.78 is 0. The molecule has 1 aliphatic heterocycles. The predicted octanol–water partition coefficient (Wildman–Crippen LogP) is 1.52. The van der Waals surface area contributed by atoms with Gasteiger partial charge in [0.15, 0.2) is 0 Å². The van der Waals surface area contributed by atoms with Gasteiger partial charge in [-0.2, -0.15) is 0 Å². The van der Waals surface area contributed by atoms with E-state index in [9.17, 15) is 4.79 Å². The molecule has 2 N–H and O–H groups in total. The van der Waals surface area contributed by atoms with E-state index in [1.54, 1.807) is 5.06 Å². The van der Waals surface area contributed by atoms with E-state index in [0.717, 1.165) is 24.8 Å². The van der Waals surface area contributed by atoms with Crippen LogP contribution in [0.3, 0.4) is 0 Å². The summed E-state index contributed by atoms with van der Waals surface area (Å²) in [4.78, 5) is 16.5. The monoisotopic (exact) mass is 241 g/mol. The SMILES string of the molecule is CCCCNC(=O)ON1CCC=C(C=NO)C1. The zero-order chi connectivity index (χ0) is 12.5. The van der Waals surface area contributed by atoms with Crippen molar-refractivity contribution in [1.29, 1.82) is 0 Å². The first-order valence-electron chi connectivity index (χ1n) is 5.83. The number of nitrogens with zero attached hydrogens (tertiary/aromatic N) is 2. The van der Waals surface area contributed by atoms with Gasteiger partial charge in [-0.3, -0.25) is 0 Å². The lowest BCUT2D eigenvalue weighted by atomic mass is 10.2. The molecule has 0 unspecified atom stereocenters. The molecule has 0 aromatic rings. The third-order valence-electron chi connectivity index (χ3n) is 2.38. The summed E-state index contributed by atoms with van der Waals surface area (Å²) in [6.45, 7) is 3.79. The van der Waals surface area contributed by atoms with Gasteiger partial charge in [-0.25, -0.2) is 4.79 Å². The Morgan fingerprint density at radius 2 is 2.59 bits per heavy atom. The molecule has 1 amide bonds. The van der Waals surface area contributed by atoms with Crippen LogP contribution in [0, 0.1) is 0 Å². The Hall–Kier alpha value is -1.56. The summed E-state index contributed by atoms with van der Waals surface area (Å²) >= 11 is 0. The quantitative estimate of drug-likeness (QED) is 0.331. The molecule has 6 heteroatoms. The van der Waals surface area contributed by atoms with E-state index in [4.69, 9.17) is 10.0 Å². The van der Waals surface area contributed by atoms with E-state index in [1.165, 1.54) is 6.21 Å². The van der Waals surface area contributed by atoms with Gasteiger partial charge in [-0.15, -0.1) is 5.06 Å². The van der Waals surface area contributed by atoms with Gasteiger partial charge in [0.1, 0.15) is 0 Å². The average Bonchev–Trinajstić information content (AvgIpc) is 2.30. The third-order valence-corrected chi connectivity index (χ3v) is 2.38. The number of nitrogens with one attached hydrogen (secondary N) is 1. The second-order valence-corrected chi connectivity index (χ2v) is 3.83. The number of oxime groups is 1. The Kier molecular flexibility index (Phi) is 6.09. The highest BCUT2D eigenvalue weighted by Crippen LogP contribution is 2.08. The van der Waals surface area contributed by atoms with Crippen LogP contribution in [0.15, 0.2) is 16.8 Å². The fourth-order valence-corrected chi connectivity index (χ4v) is 1.50. The van der Waals surface area contributed by atoms with Gasteiger partial charge in [0.05, 0.1) is 12.8 Å². The molecule has 0 saturated carbocycles. The van der Waals surface area contributed by atoms with Gasteiger partial charge in [0, 0.05) is 13.1 Å². The molecule has 0 aliphatic carbocycles. The third kappa shape index (κ3) is 5.35. The van der Waals surface area contributed by atoms with Crippen molar-refractivity contribution in [3.8, 4) is 0 Å². The topological polar surface area (TPSA) is 74.2 Å². The lowest BCUT2D eigenvalue weighted by Crippen LogP contribution is -2.37. The summed E-state index contributed by atoms with van der Waals surface area (Å²) in [6.07, 6.45) is 5.62. The summed E-state index contributed by atoms with van der Waals surface area (Å²) in [5, 5.41) is 15.6. The van der Waals surface area contributed by atoms with E-state index in [0.29, 0.717) is 19.6 Å². The molecule has 0 atom stereocenters. The molecule has 1 heterocycles. The molecule has 0 fully saturated rings. The van der Waals surface area contributed by atoms with E-state index < -0.39 is 6.09 Å². The van der Waals surface area contributed by atoms with Crippen LogP contribution in [0.5, 0.6) is 0 Å². The molecule has 0 radical (unpaired) electrons. The van der Waals surface area contributed by atoms with Gasteiger partial charge in [-0.1, -0.05) is 24.6 Å². The number of unbranched alkanes of at least 4 members (excludes halogenated alkanes) is 1. The average molecular weight is 241 g/mol. The smallest absolute Gasteiger partial charge is 0.411 e. The molecule has 0 spiro atoms. The predicted molar refractivity (Wildman–Crippen MR) is 63.9 cm³/mol. The Morgan fingerprint density at radius 3 is 3.29 bits per heavy atom. The first kappa shape index (κ1) is 13.5. The van der Waals surface area contributed by atoms with Crippen LogP contribution >= 0.6 is 0 Å². The molecule has 0 bridgehead atoms. The summed E-state index contributed by atoms with van der Waals surface area (Å²) in [5.41, 5.74) is 0.833. The van der Waals surface area contributed by atoms with Crippen molar-refractivity contribution in [2.75, 3.05) is 19.6 Å². The molecule has 6 nitrogen and oxygen atoms in total. The molecule has 0 aromatic heterocycles. The highest BCUT2D eigenvalue weighted by atomic mass is 16.7. The molecular weight excluding hydrogens is 222 g/mol. The van der Waals surface area contributed by atoms with Crippen LogP contribution < -0.4 is 5.32 Å². The van der Waals surface area contributed by atoms with Gasteiger partial charge in [-0.05, 0) is 18.4 Å². The Bertz CT molecular complexity index is 302. The number of carbonyl (C=O) groups is 1. The van der Waals surface area contributed by atoms with Gasteiger partial charge in [0.25, 0.3) is 0 Å². The molecule has 0 saturated heterocycles. The normalized spacial score (nSPS) is 16.9. The Balaban J connectivity index is 2.28. The highest BCUT2D eigenvalue weighted by molar-refractivity contribution is 5.78. The van der Waals surface area contributed by atoms with Crippen molar-refractivity contribution in [3.63, 3.8) is 0 Å². The van der Waals surface area contributed by atoms with Crippen molar-refractivity contribution in [2.45, 2.75) is 26.2 Å². The van der Waals surface area contributed by atoms with Crippen LogP contribution in [0.2, 0.25) is 0 Å². The maximum Gasteiger partial charge on any atom is 0.426 e. The van der Waals surface area contributed by atoms with Gasteiger partial charge < -0.3 is 15.4 Å². The summed E-state index contributed by atoms with van der Waals surface area (Å²) in [7, 11) is 0. The van der Waals surface area contributed by atoms with Crippen LogP contribution in [0.4, 0.5) is 4.79 Å². The van der Waals surface area contributed by atoms with Crippen LogP contribution in [0.1, 0.15) is 26.2 Å². The zero-order valence-electron chi connectivity index (χ0n) is 10.1. The number of carbonyl (C=O) groups excluding carboxylic acids is 1. The van der Waals surface area contributed by atoms with Crippen LogP contribution in [0.25, 0.3) is 0 Å².